The molecule has 0 fully saturated rings. The molecule has 0 saturated carbocycles. The predicted molar refractivity (Wildman–Crippen MR) is 109 cm³/mol. The van der Waals surface area contributed by atoms with E-state index >= 15 is 0 Å². The first kappa shape index (κ1) is 27.7. The third kappa shape index (κ3) is 13.0. The van der Waals surface area contributed by atoms with Crippen molar-refractivity contribution in [2.75, 3.05) is 13.2 Å². The summed E-state index contributed by atoms with van der Waals surface area (Å²) in [4.78, 5) is 30.8. The van der Waals surface area contributed by atoms with E-state index in [2.05, 4.69) is 11.4 Å². The molecule has 0 spiro atoms. The Bertz CT molecular complexity index is 458. The second kappa shape index (κ2) is 15.5. The molecule has 0 rings (SSSR count). The second-order valence-electron chi connectivity index (χ2n) is 7.53. The summed E-state index contributed by atoms with van der Waals surface area (Å²) in [6.07, 6.45) is 10.6. The Hall–Kier alpha value is -0.340. The van der Waals surface area contributed by atoms with Crippen LogP contribution in [0.5, 0.6) is 0 Å². The van der Waals surface area contributed by atoms with Crippen molar-refractivity contribution >= 4 is 13.6 Å². The van der Waals surface area contributed by atoms with E-state index in [0.29, 0.717) is 6.42 Å². The highest BCUT2D eigenvalue weighted by molar-refractivity contribution is 7.46. The highest BCUT2D eigenvalue weighted by Crippen LogP contribution is 2.43. The lowest BCUT2D eigenvalue weighted by molar-refractivity contribution is -0.139. The molecule has 9 heteroatoms. The molecule has 28 heavy (non-hydrogen) atoms. The molecule has 0 aliphatic rings. The first-order valence-corrected chi connectivity index (χ1v) is 12.0. The van der Waals surface area contributed by atoms with Gasteiger partial charge in [0.15, 0.2) is 11.4 Å². The van der Waals surface area contributed by atoms with Crippen LogP contribution in [-0.4, -0.2) is 50.6 Å². The van der Waals surface area contributed by atoms with Gasteiger partial charge in [-0.15, -0.1) is 0 Å². The van der Waals surface area contributed by atoms with Crippen LogP contribution >= 0.6 is 7.82 Å². The largest absolute Gasteiger partial charge is 0.470 e. The van der Waals surface area contributed by atoms with Crippen molar-refractivity contribution in [1.29, 1.82) is 0 Å². The molecule has 0 bridgehead atoms. The molecular weight excluding hydrogens is 385 g/mol. The van der Waals surface area contributed by atoms with Crippen molar-refractivity contribution in [3.8, 4) is 0 Å². The maximum Gasteiger partial charge on any atom is 0.470 e. The van der Waals surface area contributed by atoms with Crippen molar-refractivity contribution < 1.29 is 33.9 Å². The highest BCUT2D eigenvalue weighted by Gasteiger charge is 2.44. The zero-order chi connectivity index (χ0) is 21.5. The van der Waals surface area contributed by atoms with E-state index in [0.717, 1.165) is 19.3 Å². The molecule has 6 N–H and O–H groups in total. The van der Waals surface area contributed by atoms with E-state index in [1.54, 1.807) is 0 Å². The average Bonchev–Trinajstić information content (AvgIpc) is 2.63. The monoisotopic (exact) mass is 425 g/mol. The fourth-order valence-electron chi connectivity index (χ4n) is 3.29. The topological polar surface area (TPSA) is 150 Å². The van der Waals surface area contributed by atoms with E-state index in [9.17, 15) is 14.5 Å². The van der Waals surface area contributed by atoms with Crippen LogP contribution in [0.25, 0.3) is 0 Å². The average molecular weight is 426 g/mol. The quantitative estimate of drug-likeness (QED) is 0.157. The fourth-order valence-corrected chi connectivity index (χ4v) is 3.99. The summed E-state index contributed by atoms with van der Waals surface area (Å²) in [6.45, 7) is 1.07. The third-order valence-corrected chi connectivity index (χ3v) is 5.50. The summed E-state index contributed by atoms with van der Waals surface area (Å²) < 4.78 is 15.9. The Morgan fingerprint density at radius 2 is 1.46 bits per heavy atom. The number of carbonyl (C=O) groups excluding carboxylic acids is 1. The number of rotatable bonds is 19. The van der Waals surface area contributed by atoms with Crippen LogP contribution in [0.4, 0.5) is 0 Å². The summed E-state index contributed by atoms with van der Waals surface area (Å²) in [6, 6.07) is 0. The van der Waals surface area contributed by atoms with Crippen LogP contribution in [0.1, 0.15) is 90.4 Å². The molecule has 168 valence electrons. The molecule has 2 atom stereocenters. The van der Waals surface area contributed by atoms with Gasteiger partial charge in [0, 0.05) is 19.4 Å². The molecule has 0 aliphatic heterocycles. The lowest BCUT2D eigenvalue weighted by atomic mass is 9.88. The normalized spacial score (nSPS) is 15.4. The maximum absolute atomic E-state index is 12.5. The Morgan fingerprint density at radius 1 is 1.00 bits per heavy atom. The van der Waals surface area contributed by atoms with Gasteiger partial charge in [-0.1, -0.05) is 71.1 Å². The number of unbranched alkanes of at least 4 members (excludes halogenated alkanes) is 10. The van der Waals surface area contributed by atoms with Gasteiger partial charge < -0.3 is 25.7 Å². The van der Waals surface area contributed by atoms with Gasteiger partial charge >= 0.3 is 7.82 Å². The molecule has 0 aromatic rings. The number of nitrogens with two attached hydrogens (primary N) is 1. The number of aliphatic hydroxyl groups excluding tert-OH is 2. The zero-order valence-electron chi connectivity index (χ0n) is 17.2. The number of phosphoric acid groups is 1. The van der Waals surface area contributed by atoms with E-state index in [1.807, 2.05) is 0 Å². The number of phosphoric ester groups is 1. The summed E-state index contributed by atoms with van der Waals surface area (Å²) >= 11 is 0. The van der Waals surface area contributed by atoms with Gasteiger partial charge in [-0.3, -0.25) is 9.32 Å². The molecular formula is C19H40NO7P. The van der Waals surface area contributed by atoms with Gasteiger partial charge in [0.25, 0.3) is 0 Å². The molecule has 0 aromatic heterocycles. The van der Waals surface area contributed by atoms with Gasteiger partial charge in [-0.2, -0.15) is 0 Å². The standard InChI is InChI=1S/C19H40NO7P/c1-2-3-4-5-6-7-8-9-10-11-12-13-18(23)19(16-20,14-17(22)15-21)27-28(24,25)26/h17,21-22H,2-16,20H2,1H3,(H2,24,25,26). The Balaban J connectivity index is 4.25. The first-order valence-electron chi connectivity index (χ1n) is 10.5. The maximum atomic E-state index is 12.5. The van der Waals surface area contributed by atoms with Crippen LogP contribution < -0.4 is 5.73 Å². The van der Waals surface area contributed by atoms with Crippen LogP contribution in [0.3, 0.4) is 0 Å². The van der Waals surface area contributed by atoms with Gasteiger partial charge in [0.2, 0.25) is 0 Å². The fraction of sp³-hybridized carbons (Fsp3) is 0.947. The minimum atomic E-state index is -4.99. The summed E-state index contributed by atoms with van der Waals surface area (Å²) in [5, 5.41) is 18.6. The number of aliphatic hydroxyl groups is 2. The van der Waals surface area contributed by atoms with E-state index in [-0.39, 0.29) is 6.42 Å². The Morgan fingerprint density at radius 3 is 1.86 bits per heavy atom. The minimum Gasteiger partial charge on any atom is -0.394 e. The molecule has 0 heterocycles. The molecule has 0 saturated heterocycles. The molecule has 0 aliphatic carbocycles. The SMILES string of the molecule is CCCCCCCCCCCCCC(=O)C(CN)(CC(O)CO)OP(=O)(O)O. The number of Topliss-reactive ketones (excluding diaryl/α,β-unsaturated/α-hetero) is 1. The van der Waals surface area contributed by atoms with Crippen LogP contribution in [0.2, 0.25) is 0 Å². The van der Waals surface area contributed by atoms with E-state index in [4.69, 9.17) is 20.6 Å². The lowest BCUT2D eigenvalue weighted by Crippen LogP contribution is -2.50. The minimum absolute atomic E-state index is 0.0619. The predicted octanol–water partition coefficient (Wildman–Crippen LogP) is 2.81. The lowest BCUT2D eigenvalue weighted by Gasteiger charge is -2.32. The number of carbonyl (C=O) groups is 1. The summed E-state index contributed by atoms with van der Waals surface area (Å²) in [5.74, 6) is -0.554. The Labute approximate surface area is 169 Å². The summed E-state index contributed by atoms with van der Waals surface area (Å²) in [5.41, 5.74) is 3.58. The van der Waals surface area contributed by atoms with Crippen molar-refractivity contribution in [2.24, 2.45) is 5.73 Å². The first-order chi connectivity index (χ1) is 13.2. The Kier molecular flexibility index (Phi) is 15.3. The number of hydrogen-bond donors (Lipinski definition) is 5. The van der Waals surface area contributed by atoms with Gasteiger partial charge in [0.1, 0.15) is 0 Å². The zero-order valence-corrected chi connectivity index (χ0v) is 18.1. The van der Waals surface area contributed by atoms with Gasteiger partial charge in [-0.25, -0.2) is 4.57 Å². The van der Waals surface area contributed by atoms with E-state index < -0.39 is 44.9 Å². The van der Waals surface area contributed by atoms with Crippen molar-refractivity contribution in [3.05, 3.63) is 0 Å². The summed E-state index contributed by atoms with van der Waals surface area (Å²) in [7, 11) is -4.99. The van der Waals surface area contributed by atoms with Crippen LogP contribution in [0, 0.1) is 0 Å². The van der Waals surface area contributed by atoms with Crippen molar-refractivity contribution in [1.82, 2.24) is 0 Å². The third-order valence-electron chi connectivity index (χ3n) is 4.92. The molecule has 8 nitrogen and oxygen atoms in total. The molecule has 0 amide bonds. The second-order valence-corrected chi connectivity index (χ2v) is 8.69. The molecule has 0 aromatic carbocycles. The number of ketones is 1. The molecule has 0 radical (unpaired) electrons. The van der Waals surface area contributed by atoms with Crippen molar-refractivity contribution in [2.45, 2.75) is 102 Å². The smallest absolute Gasteiger partial charge is 0.394 e. The van der Waals surface area contributed by atoms with E-state index in [1.165, 1.54) is 44.9 Å². The van der Waals surface area contributed by atoms with Crippen LogP contribution in [0.15, 0.2) is 0 Å². The van der Waals surface area contributed by atoms with Gasteiger partial charge in [0.05, 0.1) is 12.7 Å². The highest BCUT2D eigenvalue weighted by atomic mass is 31.2. The molecule has 2 unspecified atom stereocenters. The number of hydrogen-bond acceptors (Lipinski definition) is 6. The van der Waals surface area contributed by atoms with Gasteiger partial charge in [-0.05, 0) is 6.42 Å². The van der Waals surface area contributed by atoms with Crippen LogP contribution in [-0.2, 0) is 13.9 Å². The van der Waals surface area contributed by atoms with Crippen molar-refractivity contribution in [3.63, 3.8) is 0 Å².